The van der Waals surface area contributed by atoms with E-state index >= 15 is 0 Å². The Balaban J connectivity index is 1.41. The monoisotopic (exact) mass is 524 g/mol. The van der Waals surface area contributed by atoms with Gasteiger partial charge in [-0.05, 0) is 55.3 Å². The summed E-state index contributed by atoms with van der Waals surface area (Å²) in [6.07, 6.45) is 4.85. The zero-order chi connectivity index (χ0) is 26.4. The molecule has 0 saturated carbocycles. The molecule has 0 unspecified atom stereocenters. The van der Waals surface area contributed by atoms with Crippen molar-refractivity contribution in [2.24, 2.45) is 0 Å². The Morgan fingerprint density at radius 2 is 1.70 bits per heavy atom. The highest BCUT2D eigenvalue weighted by Crippen LogP contribution is 2.33. The second kappa shape index (κ2) is 12.1. The number of halogens is 1. The van der Waals surface area contributed by atoms with Crippen LogP contribution in [0.15, 0.2) is 42.7 Å². The molecule has 0 aliphatic carbocycles. The van der Waals surface area contributed by atoms with Crippen LogP contribution >= 0.6 is 11.6 Å². The van der Waals surface area contributed by atoms with Gasteiger partial charge >= 0.3 is 0 Å². The number of hydrogen-bond acceptors (Lipinski definition) is 8. The molecule has 0 atom stereocenters. The maximum absolute atomic E-state index is 12.1. The topological polar surface area (TPSA) is 91.9 Å². The molecule has 37 heavy (non-hydrogen) atoms. The Kier molecular flexibility index (Phi) is 8.68. The van der Waals surface area contributed by atoms with Crippen LogP contribution in [0.4, 0.5) is 17.3 Å². The highest BCUT2D eigenvalue weighted by Gasteiger charge is 2.18. The number of likely N-dealkylation sites (N-methyl/N-ethyl adjacent to an activating group) is 1. The van der Waals surface area contributed by atoms with Gasteiger partial charge in [-0.15, -0.1) is 0 Å². The number of rotatable bonds is 9. The molecule has 0 spiro atoms. The van der Waals surface area contributed by atoms with Crippen LogP contribution in [0.1, 0.15) is 21.5 Å². The summed E-state index contributed by atoms with van der Waals surface area (Å²) in [7, 11) is 6.96. The smallest absolute Gasteiger partial charge is 0.251 e. The Morgan fingerprint density at radius 1 is 1.00 bits per heavy atom. The van der Waals surface area contributed by atoms with Gasteiger partial charge in [0.2, 0.25) is 5.95 Å². The quantitative estimate of drug-likeness (QED) is 0.437. The van der Waals surface area contributed by atoms with Gasteiger partial charge in [0.1, 0.15) is 11.5 Å². The van der Waals surface area contributed by atoms with Crippen molar-refractivity contribution in [1.82, 2.24) is 20.2 Å². The number of aromatic nitrogens is 2. The molecule has 0 bridgehead atoms. The first-order valence-electron chi connectivity index (χ1n) is 12.2. The van der Waals surface area contributed by atoms with E-state index in [1.165, 1.54) is 7.11 Å². The molecule has 4 rings (SSSR count). The first-order chi connectivity index (χ1) is 17.9. The van der Waals surface area contributed by atoms with Gasteiger partial charge in [-0.2, -0.15) is 0 Å². The molecule has 1 amide bonds. The second-order valence-electron chi connectivity index (χ2n) is 8.95. The van der Waals surface area contributed by atoms with E-state index in [2.05, 4.69) is 43.5 Å². The number of piperazine rings is 1. The number of aryl methyl sites for hydroxylation is 2. The lowest BCUT2D eigenvalue weighted by atomic mass is 10.0. The molecule has 1 aromatic heterocycles. The maximum atomic E-state index is 12.1. The Morgan fingerprint density at radius 3 is 2.35 bits per heavy atom. The lowest BCUT2D eigenvalue weighted by Crippen LogP contribution is -2.44. The van der Waals surface area contributed by atoms with Gasteiger partial charge < -0.3 is 29.9 Å². The van der Waals surface area contributed by atoms with E-state index < -0.39 is 0 Å². The van der Waals surface area contributed by atoms with Gasteiger partial charge in [-0.25, -0.2) is 9.97 Å². The molecule has 3 aromatic rings. The van der Waals surface area contributed by atoms with E-state index in [0.717, 1.165) is 54.4 Å². The fraction of sp³-hybridized carbons (Fsp3) is 0.370. The van der Waals surface area contributed by atoms with Gasteiger partial charge in [0.05, 0.1) is 24.9 Å². The van der Waals surface area contributed by atoms with Crippen LogP contribution in [-0.4, -0.2) is 75.3 Å². The Hall–Kier alpha value is -3.56. The van der Waals surface area contributed by atoms with Crippen molar-refractivity contribution in [1.29, 1.82) is 0 Å². The fourth-order valence-corrected chi connectivity index (χ4v) is 4.56. The summed E-state index contributed by atoms with van der Waals surface area (Å²) < 4.78 is 11.0. The van der Waals surface area contributed by atoms with Gasteiger partial charge in [0.25, 0.3) is 5.91 Å². The van der Waals surface area contributed by atoms with Crippen LogP contribution in [0.2, 0.25) is 5.02 Å². The van der Waals surface area contributed by atoms with Gasteiger partial charge in [-0.3, -0.25) is 4.79 Å². The minimum Gasteiger partial charge on any atom is -0.495 e. The molecule has 1 fully saturated rings. The number of nitrogens with zero attached hydrogens (tertiary/aromatic N) is 4. The number of amides is 1. The molecule has 2 aromatic carbocycles. The lowest BCUT2D eigenvalue weighted by Gasteiger charge is -2.34. The number of hydrogen-bond donors (Lipinski definition) is 2. The summed E-state index contributed by atoms with van der Waals surface area (Å²) in [5.41, 5.74) is 4.23. The van der Waals surface area contributed by atoms with E-state index in [-0.39, 0.29) is 5.91 Å². The third kappa shape index (κ3) is 6.42. The number of benzene rings is 2. The predicted octanol–water partition coefficient (Wildman–Crippen LogP) is 3.79. The van der Waals surface area contributed by atoms with Gasteiger partial charge in [0, 0.05) is 62.9 Å². The molecule has 2 heterocycles. The van der Waals surface area contributed by atoms with Gasteiger partial charge in [0.15, 0.2) is 0 Å². The van der Waals surface area contributed by atoms with Crippen molar-refractivity contribution in [2.45, 2.75) is 12.8 Å². The third-order valence-electron chi connectivity index (χ3n) is 6.49. The zero-order valence-corrected chi connectivity index (χ0v) is 22.4. The predicted molar refractivity (Wildman–Crippen MR) is 147 cm³/mol. The standard InChI is InChI=1S/C27H33ClN6O3/c1-29-26(35)20-13-19(25(28)24(14-20)37-4)6-5-18-16-30-27(31-17-18)32-21-7-8-22(23(15-21)36-3)34-11-9-33(2)10-12-34/h7-8,13-17H,5-6,9-12H2,1-4H3,(H,29,35)(H,30,31,32). The molecule has 0 radical (unpaired) electrons. The number of carbonyl (C=O) groups is 1. The molecule has 9 nitrogen and oxygen atoms in total. The largest absolute Gasteiger partial charge is 0.495 e. The number of anilines is 3. The second-order valence-corrected chi connectivity index (χ2v) is 9.33. The van der Waals surface area contributed by atoms with Crippen molar-refractivity contribution < 1.29 is 14.3 Å². The summed E-state index contributed by atoms with van der Waals surface area (Å²) in [6, 6.07) is 9.49. The van der Waals surface area contributed by atoms with E-state index in [1.54, 1.807) is 38.7 Å². The highest BCUT2D eigenvalue weighted by atomic mass is 35.5. The number of nitrogens with one attached hydrogen (secondary N) is 2. The fourth-order valence-electron chi connectivity index (χ4n) is 4.28. The average molecular weight is 525 g/mol. The van der Waals surface area contributed by atoms with Crippen molar-refractivity contribution in [3.8, 4) is 11.5 Å². The molecular weight excluding hydrogens is 492 g/mol. The van der Waals surface area contributed by atoms with Crippen LogP contribution in [-0.2, 0) is 12.8 Å². The Labute approximate surface area is 222 Å². The molecule has 1 aliphatic rings. The first kappa shape index (κ1) is 26.5. The summed E-state index contributed by atoms with van der Waals surface area (Å²) in [6.45, 7) is 4.00. The van der Waals surface area contributed by atoms with Crippen molar-refractivity contribution in [2.75, 3.05) is 64.7 Å². The van der Waals surface area contributed by atoms with Crippen LogP contribution in [0.25, 0.3) is 0 Å². The molecular formula is C27H33ClN6O3. The Bertz CT molecular complexity index is 1230. The van der Waals surface area contributed by atoms with Crippen LogP contribution < -0.4 is 25.0 Å². The average Bonchev–Trinajstić information content (AvgIpc) is 2.93. The minimum atomic E-state index is -0.192. The van der Waals surface area contributed by atoms with E-state index in [9.17, 15) is 4.79 Å². The number of methoxy groups -OCH3 is 2. The highest BCUT2D eigenvalue weighted by molar-refractivity contribution is 6.33. The molecule has 2 N–H and O–H groups in total. The molecule has 1 saturated heterocycles. The van der Waals surface area contributed by atoms with Crippen LogP contribution in [0, 0.1) is 0 Å². The SMILES string of the molecule is CNC(=O)c1cc(CCc2cnc(Nc3ccc(N4CCN(C)CC4)c(OC)c3)nc2)c(Cl)c(OC)c1. The molecule has 1 aliphatic heterocycles. The van der Waals surface area contributed by atoms with Crippen LogP contribution in [0.3, 0.4) is 0 Å². The summed E-state index contributed by atoms with van der Waals surface area (Å²) in [5, 5.41) is 6.39. The van der Waals surface area contributed by atoms with Crippen molar-refractivity contribution in [3.05, 3.63) is 64.4 Å². The van der Waals surface area contributed by atoms with E-state index in [0.29, 0.717) is 35.1 Å². The normalized spacial score (nSPS) is 13.8. The summed E-state index contributed by atoms with van der Waals surface area (Å²) in [5.74, 6) is 1.60. The lowest BCUT2D eigenvalue weighted by molar-refractivity contribution is 0.0962. The number of carbonyl (C=O) groups excluding carboxylic acids is 1. The maximum Gasteiger partial charge on any atom is 0.251 e. The van der Waals surface area contributed by atoms with Crippen molar-refractivity contribution >= 4 is 34.8 Å². The third-order valence-corrected chi connectivity index (χ3v) is 6.92. The zero-order valence-electron chi connectivity index (χ0n) is 21.7. The summed E-state index contributed by atoms with van der Waals surface area (Å²) >= 11 is 6.49. The molecule has 10 heteroatoms. The first-order valence-corrected chi connectivity index (χ1v) is 12.6. The summed E-state index contributed by atoms with van der Waals surface area (Å²) in [4.78, 5) is 25.7. The van der Waals surface area contributed by atoms with E-state index in [4.69, 9.17) is 21.1 Å². The van der Waals surface area contributed by atoms with Crippen LogP contribution in [0.5, 0.6) is 11.5 Å². The van der Waals surface area contributed by atoms with Gasteiger partial charge in [-0.1, -0.05) is 11.6 Å². The number of ether oxygens (including phenoxy) is 2. The minimum absolute atomic E-state index is 0.192. The van der Waals surface area contributed by atoms with E-state index in [1.807, 2.05) is 12.1 Å². The van der Waals surface area contributed by atoms with Crippen molar-refractivity contribution in [3.63, 3.8) is 0 Å². The molecule has 196 valence electrons.